The van der Waals surface area contributed by atoms with Crippen LogP contribution in [-0.4, -0.2) is 33.7 Å². The molecule has 1 heterocycles. The van der Waals surface area contributed by atoms with Crippen molar-refractivity contribution in [1.82, 2.24) is 4.72 Å². The van der Waals surface area contributed by atoms with Crippen molar-refractivity contribution in [3.05, 3.63) is 18.2 Å². The molecule has 0 atom stereocenters. The summed E-state index contributed by atoms with van der Waals surface area (Å²) in [5, 5.41) is 0. The zero-order chi connectivity index (χ0) is 14.1. The number of rotatable bonds is 4. The maximum absolute atomic E-state index is 12.2. The third kappa shape index (κ3) is 3.37. The molecular formula is C12H18N2O4S. The lowest BCUT2D eigenvalue weighted by Crippen LogP contribution is -2.45. The second kappa shape index (κ2) is 4.99. The van der Waals surface area contributed by atoms with Gasteiger partial charge in [0.25, 0.3) is 0 Å². The lowest BCUT2D eigenvalue weighted by molar-refractivity contribution is 0.167. The Morgan fingerprint density at radius 1 is 1.32 bits per heavy atom. The second-order valence-corrected chi connectivity index (χ2v) is 6.83. The molecule has 6 nitrogen and oxygen atoms in total. The number of sulfonamides is 1. The molecule has 7 heteroatoms. The number of hydrogen-bond donors (Lipinski definition) is 2. The Morgan fingerprint density at radius 3 is 2.68 bits per heavy atom. The summed E-state index contributed by atoms with van der Waals surface area (Å²) in [7, 11) is -3.67. The van der Waals surface area contributed by atoms with Crippen LogP contribution in [0.3, 0.4) is 0 Å². The topological polar surface area (TPSA) is 90.7 Å². The zero-order valence-corrected chi connectivity index (χ0v) is 11.8. The highest BCUT2D eigenvalue weighted by atomic mass is 32.2. The highest BCUT2D eigenvalue weighted by molar-refractivity contribution is 7.89. The Kier molecular flexibility index (Phi) is 3.71. The molecule has 0 saturated carbocycles. The van der Waals surface area contributed by atoms with E-state index in [1.807, 2.05) is 0 Å². The Labute approximate surface area is 112 Å². The number of nitrogens with one attached hydrogen (secondary N) is 1. The van der Waals surface area contributed by atoms with E-state index in [1.54, 1.807) is 26.0 Å². The van der Waals surface area contributed by atoms with Crippen molar-refractivity contribution in [1.29, 1.82) is 0 Å². The number of para-hydroxylation sites is 1. The molecule has 1 aliphatic rings. The molecule has 2 rings (SSSR count). The van der Waals surface area contributed by atoms with Gasteiger partial charge >= 0.3 is 0 Å². The molecule has 0 aliphatic carbocycles. The smallest absolute Gasteiger partial charge is 0.244 e. The molecule has 19 heavy (non-hydrogen) atoms. The maximum Gasteiger partial charge on any atom is 0.244 e. The lowest BCUT2D eigenvalue weighted by Gasteiger charge is -2.22. The van der Waals surface area contributed by atoms with Crippen LogP contribution in [0.5, 0.6) is 11.5 Å². The first kappa shape index (κ1) is 14.1. The lowest BCUT2D eigenvalue weighted by atomic mass is 10.1. The summed E-state index contributed by atoms with van der Waals surface area (Å²) < 4.78 is 37.7. The summed E-state index contributed by atoms with van der Waals surface area (Å²) in [5.74, 6) is 0.706. The van der Waals surface area contributed by atoms with Crippen LogP contribution in [0.2, 0.25) is 0 Å². The Morgan fingerprint density at radius 2 is 2.00 bits per heavy atom. The van der Waals surface area contributed by atoms with Crippen molar-refractivity contribution in [2.75, 3.05) is 19.8 Å². The highest BCUT2D eigenvalue weighted by Crippen LogP contribution is 2.36. The van der Waals surface area contributed by atoms with Crippen LogP contribution in [0.4, 0.5) is 0 Å². The van der Waals surface area contributed by atoms with Gasteiger partial charge in [-0.2, -0.15) is 0 Å². The first-order chi connectivity index (χ1) is 8.80. The molecule has 0 unspecified atom stereocenters. The van der Waals surface area contributed by atoms with E-state index in [0.29, 0.717) is 19.0 Å². The summed E-state index contributed by atoms with van der Waals surface area (Å²) in [6, 6.07) is 4.79. The van der Waals surface area contributed by atoms with Crippen LogP contribution in [0.25, 0.3) is 0 Å². The molecule has 3 N–H and O–H groups in total. The Bertz CT molecular complexity index is 564. The number of nitrogens with two attached hydrogens (primary N) is 1. The minimum absolute atomic E-state index is 0.0777. The Hall–Kier alpha value is -1.31. The van der Waals surface area contributed by atoms with E-state index in [4.69, 9.17) is 15.2 Å². The first-order valence-electron chi connectivity index (χ1n) is 5.97. The fraction of sp³-hybridized carbons (Fsp3) is 0.500. The minimum atomic E-state index is -3.67. The van der Waals surface area contributed by atoms with Crippen molar-refractivity contribution in [3.63, 3.8) is 0 Å². The van der Waals surface area contributed by atoms with Gasteiger partial charge < -0.3 is 15.2 Å². The predicted octanol–water partition coefficient (Wildman–Crippen LogP) is 0.473. The molecule has 0 bridgehead atoms. The van der Waals surface area contributed by atoms with Crippen molar-refractivity contribution >= 4 is 10.0 Å². The van der Waals surface area contributed by atoms with Crippen LogP contribution >= 0.6 is 0 Å². The molecule has 1 aliphatic heterocycles. The summed E-state index contributed by atoms with van der Waals surface area (Å²) in [6.07, 6.45) is 0. The predicted molar refractivity (Wildman–Crippen MR) is 70.9 cm³/mol. The van der Waals surface area contributed by atoms with E-state index in [9.17, 15) is 8.42 Å². The Balaban J connectivity index is 2.31. The normalized spacial score (nSPS) is 15.3. The summed E-state index contributed by atoms with van der Waals surface area (Å²) in [6.45, 7) is 4.38. The van der Waals surface area contributed by atoms with Gasteiger partial charge in [-0.25, -0.2) is 13.1 Å². The van der Waals surface area contributed by atoms with Crippen LogP contribution < -0.4 is 19.9 Å². The van der Waals surface area contributed by atoms with Gasteiger partial charge in [0.15, 0.2) is 11.5 Å². The summed E-state index contributed by atoms with van der Waals surface area (Å²) >= 11 is 0. The standard InChI is InChI=1S/C12H18N2O4S/c1-12(2,13)8-14-19(15,16)10-5-3-4-9-11(10)18-7-6-17-9/h3-5,14H,6-8,13H2,1-2H3. The van der Waals surface area contributed by atoms with Gasteiger partial charge in [0.2, 0.25) is 10.0 Å². The van der Waals surface area contributed by atoms with E-state index >= 15 is 0 Å². The van der Waals surface area contributed by atoms with Gasteiger partial charge in [-0.05, 0) is 26.0 Å². The van der Waals surface area contributed by atoms with Crippen LogP contribution in [0.1, 0.15) is 13.8 Å². The SMILES string of the molecule is CC(C)(N)CNS(=O)(=O)c1cccc2c1OCCO2. The quantitative estimate of drug-likeness (QED) is 0.840. The highest BCUT2D eigenvalue weighted by Gasteiger charge is 2.26. The molecular weight excluding hydrogens is 268 g/mol. The minimum Gasteiger partial charge on any atom is -0.486 e. The van der Waals surface area contributed by atoms with Crippen LogP contribution in [-0.2, 0) is 10.0 Å². The van der Waals surface area contributed by atoms with Gasteiger partial charge in [-0.15, -0.1) is 0 Å². The van der Waals surface area contributed by atoms with Crippen LogP contribution in [0.15, 0.2) is 23.1 Å². The van der Waals surface area contributed by atoms with Crippen molar-refractivity contribution in [2.45, 2.75) is 24.3 Å². The zero-order valence-electron chi connectivity index (χ0n) is 11.0. The van der Waals surface area contributed by atoms with Crippen LogP contribution in [0, 0.1) is 0 Å². The fourth-order valence-corrected chi connectivity index (χ4v) is 3.00. The molecule has 0 saturated heterocycles. The van der Waals surface area contributed by atoms with Crippen molar-refractivity contribution < 1.29 is 17.9 Å². The van der Waals surface area contributed by atoms with E-state index in [-0.39, 0.29) is 17.2 Å². The van der Waals surface area contributed by atoms with E-state index < -0.39 is 15.6 Å². The third-order valence-corrected chi connectivity index (χ3v) is 3.96. The molecule has 0 aromatic heterocycles. The third-order valence-electron chi connectivity index (χ3n) is 2.54. The number of hydrogen-bond acceptors (Lipinski definition) is 5. The number of fused-ring (bicyclic) bond motifs is 1. The summed E-state index contributed by atoms with van der Waals surface area (Å²) in [4.78, 5) is 0.0777. The molecule has 1 aromatic rings. The summed E-state index contributed by atoms with van der Waals surface area (Å²) in [5.41, 5.74) is 5.15. The van der Waals surface area contributed by atoms with E-state index in [0.717, 1.165) is 0 Å². The number of benzene rings is 1. The van der Waals surface area contributed by atoms with Gasteiger partial charge in [0, 0.05) is 12.1 Å². The average Bonchev–Trinajstić information content (AvgIpc) is 2.35. The van der Waals surface area contributed by atoms with Gasteiger partial charge in [-0.1, -0.05) is 6.07 Å². The van der Waals surface area contributed by atoms with Crippen molar-refractivity contribution in [2.24, 2.45) is 5.73 Å². The second-order valence-electron chi connectivity index (χ2n) is 5.09. The molecule has 1 aromatic carbocycles. The molecule has 0 amide bonds. The van der Waals surface area contributed by atoms with Gasteiger partial charge in [-0.3, -0.25) is 0 Å². The van der Waals surface area contributed by atoms with Crippen molar-refractivity contribution in [3.8, 4) is 11.5 Å². The molecule has 0 spiro atoms. The average molecular weight is 286 g/mol. The monoisotopic (exact) mass is 286 g/mol. The van der Waals surface area contributed by atoms with Gasteiger partial charge in [0.1, 0.15) is 18.1 Å². The molecule has 0 fully saturated rings. The fourth-order valence-electron chi connectivity index (χ4n) is 1.62. The maximum atomic E-state index is 12.2. The molecule has 0 radical (unpaired) electrons. The van der Waals surface area contributed by atoms with E-state index in [2.05, 4.69) is 4.72 Å². The first-order valence-corrected chi connectivity index (χ1v) is 7.45. The van der Waals surface area contributed by atoms with Gasteiger partial charge in [0.05, 0.1) is 0 Å². The van der Waals surface area contributed by atoms with E-state index in [1.165, 1.54) is 6.07 Å². The largest absolute Gasteiger partial charge is 0.486 e. The molecule has 106 valence electrons. The number of ether oxygens (including phenoxy) is 2.